The number of carboxylic acid groups (broad SMARTS) is 1. The Labute approximate surface area is 96.7 Å². The average Bonchev–Trinajstić information content (AvgIpc) is 2.29. The third-order valence-electron chi connectivity index (χ3n) is 1.92. The monoisotopic (exact) mass is 240 g/mol. The molecule has 7 nitrogen and oxygen atoms in total. The normalized spacial score (nSPS) is 9.71. The summed E-state index contributed by atoms with van der Waals surface area (Å²) in [5.74, 6) is -0.774. The summed E-state index contributed by atoms with van der Waals surface area (Å²) in [5.41, 5.74) is 0.637. The fourth-order valence-electron chi connectivity index (χ4n) is 1.13. The molecule has 17 heavy (non-hydrogen) atoms. The summed E-state index contributed by atoms with van der Waals surface area (Å²) in [7, 11) is 0. The van der Waals surface area contributed by atoms with Gasteiger partial charge in [-0.1, -0.05) is 6.07 Å². The van der Waals surface area contributed by atoms with E-state index in [1.165, 1.54) is 18.2 Å². The minimum absolute atomic E-state index is 0.119. The molecule has 2 amide bonds. The van der Waals surface area contributed by atoms with Gasteiger partial charge < -0.3 is 26.0 Å². The van der Waals surface area contributed by atoms with E-state index in [1.54, 1.807) is 0 Å². The second-order valence-corrected chi connectivity index (χ2v) is 3.22. The molecule has 0 saturated carbocycles. The lowest BCUT2D eigenvalue weighted by atomic mass is 10.2. The number of hydrogen-bond donors (Lipinski definition) is 5. The van der Waals surface area contributed by atoms with E-state index < -0.39 is 18.5 Å². The molecule has 0 aliphatic heterocycles. The van der Waals surface area contributed by atoms with Gasteiger partial charge in [0, 0.05) is 0 Å². The molecule has 0 radical (unpaired) electrons. The zero-order valence-electron chi connectivity index (χ0n) is 8.80. The van der Waals surface area contributed by atoms with Crippen LogP contribution in [0.15, 0.2) is 18.2 Å². The first kappa shape index (κ1) is 12.8. The minimum atomic E-state index is -1.31. The van der Waals surface area contributed by atoms with Crippen molar-refractivity contribution in [2.75, 3.05) is 11.9 Å². The van der Waals surface area contributed by atoms with Crippen LogP contribution in [0.25, 0.3) is 0 Å². The smallest absolute Gasteiger partial charge is 0.405 e. The van der Waals surface area contributed by atoms with Crippen LogP contribution < -0.4 is 10.6 Å². The van der Waals surface area contributed by atoms with Crippen molar-refractivity contribution in [3.05, 3.63) is 23.8 Å². The number of nitrogens with one attached hydrogen (secondary N) is 2. The maximum absolute atomic E-state index is 11.3. The Bertz CT molecular complexity index is 433. The maximum Gasteiger partial charge on any atom is 0.405 e. The quantitative estimate of drug-likeness (QED) is 0.478. The Hall–Kier alpha value is -2.28. The van der Waals surface area contributed by atoms with Gasteiger partial charge in [0.25, 0.3) is 0 Å². The van der Waals surface area contributed by atoms with Gasteiger partial charge in [0.15, 0.2) is 0 Å². The molecule has 0 fully saturated rings. The largest absolute Gasteiger partial charge is 0.506 e. The van der Waals surface area contributed by atoms with E-state index in [0.717, 1.165) is 0 Å². The standard InChI is InChI=1S/C10H12N2O5/c13-5-6-1-2-8(14)7(3-6)12-9(15)4-11-10(16)17/h1-3,11,13-14H,4-5H2,(H,12,15)(H,16,17). The SMILES string of the molecule is O=C(O)NCC(=O)Nc1cc(CO)ccc1O. The highest BCUT2D eigenvalue weighted by Crippen LogP contribution is 2.23. The predicted octanol–water partition coefficient (Wildman–Crippen LogP) is 0.0906. The Kier molecular flexibility index (Phi) is 4.29. The number of amides is 2. The number of rotatable bonds is 4. The van der Waals surface area contributed by atoms with Crippen molar-refractivity contribution in [3.8, 4) is 5.75 Å². The number of phenols is 1. The number of benzene rings is 1. The van der Waals surface area contributed by atoms with Crippen molar-refractivity contribution >= 4 is 17.7 Å². The van der Waals surface area contributed by atoms with Gasteiger partial charge in [-0.2, -0.15) is 0 Å². The van der Waals surface area contributed by atoms with Crippen LogP contribution in [0.3, 0.4) is 0 Å². The molecule has 92 valence electrons. The summed E-state index contributed by atoms with van der Waals surface area (Å²) in [4.78, 5) is 21.4. The summed E-state index contributed by atoms with van der Waals surface area (Å²) < 4.78 is 0. The molecule has 1 rings (SSSR count). The maximum atomic E-state index is 11.3. The molecule has 0 heterocycles. The molecule has 5 N–H and O–H groups in total. The molecular formula is C10H12N2O5. The van der Waals surface area contributed by atoms with Crippen molar-refractivity contribution in [1.29, 1.82) is 0 Å². The second kappa shape index (κ2) is 5.71. The van der Waals surface area contributed by atoms with E-state index in [9.17, 15) is 14.7 Å². The number of aromatic hydroxyl groups is 1. The Morgan fingerprint density at radius 1 is 1.29 bits per heavy atom. The van der Waals surface area contributed by atoms with Crippen LogP contribution in [0.1, 0.15) is 5.56 Å². The Morgan fingerprint density at radius 2 is 2.00 bits per heavy atom. The highest BCUT2D eigenvalue weighted by molar-refractivity contribution is 5.95. The number of aliphatic hydroxyl groups excluding tert-OH is 1. The predicted molar refractivity (Wildman–Crippen MR) is 58.7 cm³/mol. The van der Waals surface area contributed by atoms with Gasteiger partial charge in [0.1, 0.15) is 12.3 Å². The van der Waals surface area contributed by atoms with Crippen LogP contribution in [0.2, 0.25) is 0 Å². The zero-order valence-corrected chi connectivity index (χ0v) is 8.80. The van der Waals surface area contributed by atoms with Crippen LogP contribution in [0.4, 0.5) is 10.5 Å². The molecule has 0 aromatic heterocycles. The lowest BCUT2D eigenvalue weighted by Crippen LogP contribution is -2.31. The first-order chi connectivity index (χ1) is 8.02. The van der Waals surface area contributed by atoms with Gasteiger partial charge in [-0.3, -0.25) is 4.79 Å². The van der Waals surface area contributed by atoms with Gasteiger partial charge >= 0.3 is 6.09 Å². The highest BCUT2D eigenvalue weighted by Gasteiger charge is 2.08. The van der Waals surface area contributed by atoms with Crippen molar-refractivity contribution in [1.82, 2.24) is 5.32 Å². The lowest BCUT2D eigenvalue weighted by molar-refractivity contribution is -0.115. The first-order valence-corrected chi connectivity index (χ1v) is 4.72. The lowest BCUT2D eigenvalue weighted by Gasteiger charge is -2.08. The fourth-order valence-corrected chi connectivity index (χ4v) is 1.13. The van der Waals surface area contributed by atoms with E-state index in [1.807, 2.05) is 5.32 Å². The topological polar surface area (TPSA) is 119 Å². The summed E-state index contributed by atoms with van der Waals surface area (Å²) in [6.45, 7) is -0.644. The molecule has 0 atom stereocenters. The molecule has 1 aromatic rings. The van der Waals surface area contributed by atoms with E-state index in [4.69, 9.17) is 10.2 Å². The van der Waals surface area contributed by atoms with Crippen LogP contribution >= 0.6 is 0 Å². The van der Waals surface area contributed by atoms with Crippen LogP contribution in [-0.4, -0.2) is 33.9 Å². The number of carbonyl (C=O) groups excluding carboxylic acids is 1. The zero-order chi connectivity index (χ0) is 12.8. The van der Waals surface area contributed by atoms with Crippen molar-refractivity contribution in [2.24, 2.45) is 0 Å². The Balaban J connectivity index is 2.67. The van der Waals surface area contributed by atoms with Crippen molar-refractivity contribution in [3.63, 3.8) is 0 Å². The third-order valence-corrected chi connectivity index (χ3v) is 1.92. The van der Waals surface area contributed by atoms with Crippen molar-refractivity contribution < 1.29 is 24.9 Å². The summed E-state index contributed by atoms with van der Waals surface area (Å²) in [6.07, 6.45) is -1.31. The number of phenolic OH excluding ortho intramolecular Hbond substituents is 1. The number of carbonyl (C=O) groups is 2. The Morgan fingerprint density at radius 3 is 2.59 bits per heavy atom. The van der Waals surface area contributed by atoms with E-state index in [0.29, 0.717) is 5.56 Å². The van der Waals surface area contributed by atoms with Gasteiger partial charge in [-0.15, -0.1) is 0 Å². The van der Waals surface area contributed by atoms with Gasteiger partial charge in [0.05, 0.1) is 12.3 Å². The second-order valence-electron chi connectivity index (χ2n) is 3.22. The van der Waals surface area contributed by atoms with Crippen LogP contribution in [0, 0.1) is 0 Å². The number of aliphatic hydroxyl groups is 1. The van der Waals surface area contributed by atoms with E-state index >= 15 is 0 Å². The summed E-state index contributed by atoms with van der Waals surface area (Å²) in [5, 5.41) is 30.8. The van der Waals surface area contributed by atoms with Gasteiger partial charge in [0.2, 0.25) is 5.91 Å². The summed E-state index contributed by atoms with van der Waals surface area (Å²) in [6, 6.07) is 4.22. The molecule has 7 heteroatoms. The van der Waals surface area contributed by atoms with Gasteiger partial charge in [-0.05, 0) is 17.7 Å². The molecule has 0 bridgehead atoms. The molecule has 0 spiro atoms. The number of anilines is 1. The molecule has 0 aliphatic carbocycles. The van der Waals surface area contributed by atoms with Crippen LogP contribution in [-0.2, 0) is 11.4 Å². The van der Waals surface area contributed by atoms with Crippen LogP contribution in [0.5, 0.6) is 5.75 Å². The van der Waals surface area contributed by atoms with E-state index in [2.05, 4.69) is 5.32 Å². The highest BCUT2D eigenvalue weighted by atomic mass is 16.4. The number of hydrogen-bond acceptors (Lipinski definition) is 4. The third kappa shape index (κ3) is 3.99. The van der Waals surface area contributed by atoms with Gasteiger partial charge in [-0.25, -0.2) is 4.79 Å². The summed E-state index contributed by atoms with van der Waals surface area (Å²) >= 11 is 0. The van der Waals surface area contributed by atoms with Crippen molar-refractivity contribution in [2.45, 2.75) is 6.61 Å². The fraction of sp³-hybridized carbons (Fsp3) is 0.200. The minimum Gasteiger partial charge on any atom is -0.506 e. The molecular weight excluding hydrogens is 228 g/mol. The van der Waals surface area contributed by atoms with E-state index in [-0.39, 0.29) is 18.0 Å². The molecule has 0 unspecified atom stereocenters. The first-order valence-electron chi connectivity index (χ1n) is 4.72. The molecule has 0 aliphatic rings. The average molecular weight is 240 g/mol. The molecule has 1 aromatic carbocycles. The molecule has 0 saturated heterocycles.